The van der Waals surface area contributed by atoms with Crippen molar-refractivity contribution in [2.24, 2.45) is 0 Å². The minimum Gasteiger partial charge on any atom is -0.384 e. The first kappa shape index (κ1) is 14.8. The van der Waals surface area contributed by atoms with Gasteiger partial charge in [-0.05, 0) is 31.5 Å². The first-order valence-corrected chi connectivity index (χ1v) is 6.51. The van der Waals surface area contributed by atoms with E-state index in [1.807, 2.05) is 24.3 Å². The van der Waals surface area contributed by atoms with Crippen LogP contribution in [0.3, 0.4) is 0 Å². The van der Waals surface area contributed by atoms with Gasteiger partial charge in [0.15, 0.2) is 0 Å². The van der Waals surface area contributed by atoms with Gasteiger partial charge in [-0.1, -0.05) is 29.1 Å². The SMILES string of the molecule is Cc1noc(C)c1C(=O)NCc1cccc(C#CCO)c1. The Bertz CT molecular complexity index is 688. The average Bonchev–Trinajstić information content (AvgIpc) is 2.82. The third kappa shape index (κ3) is 3.71. The quantitative estimate of drug-likeness (QED) is 0.839. The van der Waals surface area contributed by atoms with Gasteiger partial charge in [0.05, 0.1) is 5.69 Å². The smallest absolute Gasteiger partial charge is 0.257 e. The highest BCUT2D eigenvalue weighted by atomic mass is 16.5. The molecule has 0 aliphatic rings. The summed E-state index contributed by atoms with van der Waals surface area (Å²) in [7, 11) is 0. The summed E-state index contributed by atoms with van der Waals surface area (Å²) in [5.41, 5.74) is 2.78. The van der Waals surface area contributed by atoms with E-state index >= 15 is 0 Å². The fraction of sp³-hybridized carbons (Fsp3) is 0.250. The van der Waals surface area contributed by atoms with Crippen LogP contribution in [0.2, 0.25) is 0 Å². The molecule has 2 aromatic rings. The van der Waals surface area contributed by atoms with Crippen LogP contribution in [0.25, 0.3) is 0 Å². The van der Waals surface area contributed by atoms with Crippen molar-refractivity contribution in [1.29, 1.82) is 0 Å². The summed E-state index contributed by atoms with van der Waals surface area (Å²) in [4.78, 5) is 12.1. The lowest BCUT2D eigenvalue weighted by Gasteiger charge is -2.05. The maximum atomic E-state index is 12.1. The zero-order chi connectivity index (χ0) is 15.2. The minimum absolute atomic E-state index is 0.174. The Morgan fingerprint density at radius 1 is 1.43 bits per heavy atom. The van der Waals surface area contributed by atoms with E-state index in [0.717, 1.165) is 11.1 Å². The number of aromatic nitrogens is 1. The van der Waals surface area contributed by atoms with Gasteiger partial charge in [-0.3, -0.25) is 4.79 Å². The van der Waals surface area contributed by atoms with Crippen molar-refractivity contribution < 1.29 is 14.4 Å². The molecular formula is C16H16N2O3. The van der Waals surface area contributed by atoms with Gasteiger partial charge in [-0.15, -0.1) is 0 Å². The normalized spacial score (nSPS) is 9.86. The molecule has 0 saturated heterocycles. The molecular weight excluding hydrogens is 268 g/mol. The molecule has 0 atom stereocenters. The van der Waals surface area contributed by atoms with Crippen molar-refractivity contribution in [3.63, 3.8) is 0 Å². The van der Waals surface area contributed by atoms with Crippen LogP contribution < -0.4 is 5.32 Å². The highest BCUT2D eigenvalue weighted by molar-refractivity contribution is 5.96. The van der Waals surface area contributed by atoms with E-state index in [1.165, 1.54) is 0 Å². The maximum absolute atomic E-state index is 12.1. The molecule has 2 rings (SSSR count). The number of aryl methyl sites for hydroxylation is 2. The molecule has 1 amide bonds. The second-order valence-electron chi connectivity index (χ2n) is 4.54. The fourth-order valence-electron chi connectivity index (χ4n) is 1.98. The number of hydrogen-bond acceptors (Lipinski definition) is 4. The monoisotopic (exact) mass is 284 g/mol. The summed E-state index contributed by atoms with van der Waals surface area (Å²) < 4.78 is 4.98. The van der Waals surface area contributed by atoms with Crippen LogP contribution in [0.15, 0.2) is 28.8 Å². The number of carbonyl (C=O) groups is 1. The molecule has 2 N–H and O–H groups in total. The van der Waals surface area contributed by atoms with E-state index < -0.39 is 0 Å². The van der Waals surface area contributed by atoms with Crippen molar-refractivity contribution >= 4 is 5.91 Å². The Kier molecular flexibility index (Phi) is 4.75. The number of nitrogens with one attached hydrogen (secondary N) is 1. The van der Waals surface area contributed by atoms with Crippen LogP contribution in [0.1, 0.15) is 32.9 Å². The summed E-state index contributed by atoms with van der Waals surface area (Å²) in [6.07, 6.45) is 0. The second-order valence-corrected chi connectivity index (χ2v) is 4.54. The molecule has 0 spiro atoms. The number of amides is 1. The molecule has 1 heterocycles. The summed E-state index contributed by atoms with van der Waals surface area (Å²) in [5.74, 6) is 5.72. The molecule has 0 fully saturated rings. The van der Waals surface area contributed by atoms with Crippen molar-refractivity contribution in [2.75, 3.05) is 6.61 Å². The lowest BCUT2D eigenvalue weighted by molar-refractivity contribution is 0.0949. The fourth-order valence-corrected chi connectivity index (χ4v) is 1.98. The zero-order valence-electron chi connectivity index (χ0n) is 11.9. The van der Waals surface area contributed by atoms with Crippen LogP contribution in [-0.4, -0.2) is 22.8 Å². The number of aliphatic hydroxyl groups is 1. The molecule has 21 heavy (non-hydrogen) atoms. The third-order valence-corrected chi connectivity index (χ3v) is 2.95. The van der Waals surface area contributed by atoms with Gasteiger partial charge in [0.25, 0.3) is 5.91 Å². The van der Waals surface area contributed by atoms with Gasteiger partial charge < -0.3 is 14.9 Å². The number of rotatable bonds is 3. The van der Waals surface area contributed by atoms with Crippen molar-refractivity contribution in [2.45, 2.75) is 20.4 Å². The Morgan fingerprint density at radius 2 is 2.24 bits per heavy atom. The minimum atomic E-state index is -0.210. The standard InChI is InChI=1S/C16H16N2O3/c1-11-15(12(2)21-18-11)16(20)17-10-14-6-3-5-13(9-14)7-4-8-19/h3,5-6,9,19H,8,10H2,1-2H3,(H,17,20). The summed E-state index contributed by atoms with van der Waals surface area (Å²) in [6.45, 7) is 3.65. The van der Waals surface area contributed by atoms with Gasteiger partial charge in [0, 0.05) is 12.1 Å². The summed E-state index contributed by atoms with van der Waals surface area (Å²) in [6, 6.07) is 7.48. The Balaban J connectivity index is 2.05. The molecule has 0 saturated carbocycles. The molecule has 0 radical (unpaired) electrons. The first-order valence-electron chi connectivity index (χ1n) is 6.51. The molecule has 108 valence electrons. The van der Waals surface area contributed by atoms with Crippen LogP contribution in [0, 0.1) is 25.7 Å². The average molecular weight is 284 g/mol. The van der Waals surface area contributed by atoms with Crippen LogP contribution in [0.4, 0.5) is 0 Å². The van der Waals surface area contributed by atoms with Gasteiger partial charge >= 0.3 is 0 Å². The van der Waals surface area contributed by atoms with E-state index in [-0.39, 0.29) is 12.5 Å². The Morgan fingerprint density at radius 3 is 2.90 bits per heavy atom. The molecule has 5 nitrogen and oxygen atoms in total. The largest absolute Gasteiger partial charge is 0.384 e. The van der Waals surface area contributed by atoms with E-state index in [2.05, 4.69) is 22.3 Å². The third-order valence-electron chi connectivity index (χ3n) is 2.95. The maximum Gasteiger partial charge on any atom is 0.257 e. The van der Waals surface area contributed by atoms with Crippen LogP contribution in [-0.2, 0) is 6.54 Å². The molecule has 0 aliphatic carbocycles. The molecule has 1 aromatic carbocycles. The Hall–Kier alpha value is -2.58. The molecule has 0 unspecified atom stereocenters. The van der Waals surface area contributed by atoms with Crippen molar-refractivity contribution in [1.82, 2.24) is 10.5 Å². The van der Waals surface area contributed by atoms with E-state index in [1.54, 1.807) is 13.8 Å². The number of hydrogen-bond donors (Lipinski definition) is 2. The van der Waals surface area contributed by atoms with Gasteiger partial charge in [0.1, 0.15) is 17.9 Å². The summed E-state index contributed by atoms with van der Waals surface area (Å²) >= 11 is 0. The number of aliphatic hydroxyl groups excluding tert-OH is 1. The van der Waals surface area contributed by atoms with Gasteiger partial charge in [-0.2, -0.15) is 0 Å². The first-order chi connectivity index (χ1) is 10.1. The number of benzene rings is 1. The number of nitrogens with zero attached hydrogens (tertiary/aromatic N) is 1. The van der Waals surface area contributed by atoms with E-state index in [4.69, 9.17) is 9.63 Å². The van der Waals surface area contributed by atoms with Crippen LogP contribution >= 0.6 is 0 Å². The summed E-state index contributed by atoms with van der Waals surface area (Å²) in [5, 5.41) is 15.3. The van der Waals surface area contributed by atoms with Crippen molar-refractivity contribution in [3.05, 3.63) is 52.4 Å². The van der Waals surface area contributed by atoms with Gasteiger partial charge in [-0.25, -0.2) is 0 Å². The Labute approximate surface area is 123 Å². The highest BCUT2D eigenvalue weighted by Gasteiger charge is 2.16. The lowest BCUT2D eigenvalue weighted by atomic mass is 10.1. The number of carbonyl (C=O) groups excluding carboxylic acids is 1. The topological polar surface area (TPSA) is 75.4 Å². The lowest BCUT2D eigenvalue weighted by Crippen LogP contribution is -2.23. The second kappa shape index (κ2) is 6.73. The van der Waals surface area contributed by atoms with Crippen molar-refractivity contribution in [3.8, 4) is 11.8 Å². The van der Waals surface area contributed by atoms with Gasteiger partial charge in [0.2, 0.25) is 0 Å². The molecule has 5 heteroatoms. The predicted octanol–water partition coefficient (Wildman–Crippen LogP) is 1.57. The van der Waals surface area contributed by atoms with E-state index in [0.29, 0.717) is 23.6 Å². The molecule has 0 bridgehead atoms. The molecule has 0 aliphatic heterocycles. The highest BCUT2D eigenvalue weighted by Crippen LogP contribution is 2.12. The molecule has 1 aromatic heterocycles. The van der Waals surface area contributed by atoms with Crippen LogP contribution in [0.5, 0.6) is 0 Å². The zero-order valence-corrected chi connectivity index (χ0v) is 11.9. The predicted molar refractivity (Wildman–Crippen MR) is 77.6 cm³/mol. The van der Waals surface area contributed by atoms with E-state index in [9.17, 15) is 4.79 Å².